The van der Waals surface area contributed by atoms with E-state index in [-0.39, 0.29) is 0 Å². The molecule has 2 nitrogen and oxygen atoms in total. The standard InChI is InChI=1S/C15H14N2/c1-2-6-14-13(11-16)9-10-15(17-14)12-7-4-3-5-8-12/h3-5,7-10H,2,6H2,1H3. The van der Waals surface area contributed by atoms with Crippen LogP contribution in [-0.4, -0.2) is 4.98 Å². The predicted octanol–water partition coefficient (Wildman–Crippen LogP) is 3.57. The number of aryl methyl sites for hydroxylation is 1. The van der Waals surface area contributed by atoms with E-state index in [2.05, 4.69) is 18.0 Å². The molecule has 0 saturated heterocycles. The summed E-state index contributed by atoms with van der Waals surface area (Å²) in [4.78, 5) is 4.58. The van der Waals surface area contributed by atoms with Gasteiger partial charge in [-0.1, -0.05) is 43.7 Å². The molecule has 0 amide bonds. The van der Waals surface area contributed by atoms with E-state index in [0.29, 0.717) is 5.56 Å². The van der Waals surface area contributed by atoms with Gasteiger partial charge in [0.2, 0.25) is 0 Å². The van der Waals surface area contributed by atoms with E-state index in [1.165, 1.54) is 0 Å². The SMILES string of the molecule is CCCc1nc(-c2ccccc2)ccc1C#N. The predicted molar refractivity (Wildman–Crippen MR) is 68.4 cm³/mol. The van der Waals surface area contributed by atoms with Crippen LogP contribution < -0.4 is 0 Å². The highest BCUT2D eigenvalue weighted by Gasteiger charge is 2.05. The van der Waals surface area contributed by atoms with E-state index in [9.17, 15) is 0 Å². The van der Waals surface area contributed by atoms with Crippen molar-refractivity contribution < 1.29 is 0 Å². The Balaban J connectivity index is 2.45. The summed E-state index contributed by atoms with van der Waals surface area (Å²) in [6, 6.07) is 16.0. The van der Waals surface area contributed by atoms with Gasteiger partial charge in [-0.3, -0.25) is 4.98 Å². The Kier molecular flexibility index (Phi) is 3.52. The van der Waals surface area contributed by atoms with Crippen molar-refractivity contribution in [2.24, 2.45) is 0 Å². The second-order valence-corrected chi connectivity index (χ2v) is 3.92. The van der Waals surface area contributed by atoms with Crippen LogP contribution in [0.15, 0.2) is 42.5 Å². The van der Waals surface area contributed by atoms with Gasteiger partial charge in [0.25, 0.3) is 0 Å². The maximum atomic E-state index is 9.02. The molecule has 0 N–H and O–H groups in total. The molecule has 0 spiro atoms. The van der Waals surface area contributed by atoms with E-state index in [4.69, 9.17) is 5.26 Å². The minimum Gasteiger partial charge on any atom is -0.251 e. The first-order valence-corrected chi connectivity index (χ1v) is 5.80. The number of hydrogen-bond acceptors (Lipinski definition) is 2. The van der Waals surface area contributed by atoms with Crippen LogP contribution in [-0.2, 0) is 6.42 Å². The fourth-order valence-electron chi connectivity index (χ4n) is 1.80. The van der Waals surface area contributed by atoms with Gasteiger partial charge in [-0.25, -0.2) is 0 Å². The van der Waals surface area contributed by atoms with Crippen molar-refractivity contribution in [3.63, 3.8) is 0 Å². The molecule has 2 aromatic rings. The van der Waals surface area contributed by atoms with Gasteiger partial charge in [0.1, 0.15) is 6.07 Å². The summed E-state index contributed by atoms with van der Waals surface area (Å²) in [5.74, 6) is 0. The van der Waals surface area contributed by atoms with Crippen molar-refractivity contribution in [2.45, 2.75) is 19.8 Å². The third-order valence-corrected chi connectivity index (χ3v) is 2.65. The van der Waals surface area contributed by atoms with Gasteiger partial charge in [0.05, 0.1) is 17.0 Å². The van der Waals surface area contributed by atoms with Crippen molar-refractivity contribution in [3.05, 3.63) is 53.7 Å². The number of benzene rings is 1. The summed E-state index contributed by atoms with van der Waals surface area (Å²) in [7, 11) is 0. The second-order valence-electron chi connectivity index (χ2n) is 3.92. The normalized spacial score (nSPS) is 9.88. The molecule has 0 atom stereocenters. The zero-order chi connectivity index (χ0) is 12.1. The summed E-state index contributed by atoms with van der Waals surface area (Å²) in [6.07, 6.45) is 1.85. The van der Waals surface area contributed by atoms with E-state index in [0.717, 1.165) is 29.8 Å². The van der Waals surface area contributed by atoms with Crippen LogP contribution in [0.3, 0.4) is 0 Å². The minimum atomic E-state index is 0.687. The van der Waals surface area contributed by atoms with Crippen molar-refractivity contribution in [1.82, 2.24) is 4.98 Å². The maximum Gasteiger partial charge on any atom is 0.101 e. The van der Waals surface area contributed by atoms with Crippen molar-refractivity contribution in [2.75, 3.05) is 0 Å². The van der Waals surface area contributed by atoms with Crippen LogP contribution in [0.1, 0.15) is 24.6 Å². The fraction of sp³-hybridized carbons (Fsp3) is 0.200. The topological polar surface area (TPSA) is 36.7 Å². The molecular weight excluding hydrogens is 208 g/mol. The van der Waals surface area contributed by atoms with Crippen LogP contribution in [0.25, 0.3) is 11.3 Å². The highest BCUT2D eigenvalue weighted by Crippen LogP contribution is 2.19. The van der Waals surface area contributed by atoms with Gasteiger partial charge in [-0.2, -0.15) is 5.26 Å². The molecule has 17 heavy (non-hydrogen) atoms. The van der Waals surface area contributed by atoms with Crippen LogP contribution in [0, 0.1) is 11.3 Å². The summed E-state index contributed by atoms with van der Waals surface area (Å²) in [5, 5.41) is 9.02. The Bertz CT molecular complexity index is 539. The molecule has 1 aromatic carbocycles. The van der Waals surface area contributed by atoms with E-state index in [1.807, 2.05) is 42.5 Å². The van der Waals surface area contributed by atoms with Gasteiger partial charge >= 0.3 is 0 Å². The van der Waals surface area contributed by atoms with Crippen LogP contribution in [0.2, 0.25) is 0 Å². The molecule has 2 heteroatoms. The maximum absolute atomic E-state index is 9.02. The summed E-state index contributed by atoms with van der Waals surface area (Å²) in [6.45, 7) is 2.10. The molecule has 0 aliphatic heterocycles. The molecule has 0 aliphatic carbocycles. The number of pyridine rings is 1. The second kappa shape index (κ2) is 5.27. The Morgan fingerprint density at radius 2 is 1.88 bits per heavy atom. The Morgan fingerprint density at radius 1 is 1.12 bits per heavy atom. The lowest BCUT2D eigenvalue weighted by Crippen LogP contribution is -1.96. The van der Waals surface area contributed by atoms with Crippen LogP contribution in [0.4, 0.5) is 0 Å². The first-order valence-electron chi connectivity index (χ1n) is 5.80. The first kappa shape index (κ1) is 11.3. The number of aromatic nitrogens is 1. The third kappa shape index (κ3) is 2.51. The monoisotopic (exact) mass is 222 g/mol. The van der Waals surface area contributed by atoms with E-state index >= 15 is 0 Å². The Hall–Kier alpha value is -2.14. The van der Waals surface area contributed by atoms with E-state index < -0.39 is 0 Å². The lowest BCUT2D eigenvalue weighted by atomic mass is 10.1. The fourth-order valence-corrected chi connectivity index (χ4v) is 1.80. The van der Waals surface area contributed by atoms with Crippen molar-refractivity contribution >= 4 is 0 Å². The molecule has 0 bridgehead atoms. The molecule has 1 heterocycles. The van der Waals surface area contributed by atoms with Gasteiger partial charge in [0, 0.05) is 5.56 Å². The van der Waals surface area contributed by atoms with Gasteiger partial charge in [0.15, 0.2) is 0 Å². The molecule has 0 fully saturated rings. The first-order chi connectivity index (χ1) is 8.35. The Morgan fingerprint density at radius 3 is 2.53 bits per heavy atom. The highest BCUT2D eigenvalue weighted by atomic mass is 14.7. The van der Waals surface area contributed by atoms with Gasteiger partial charge in [-0.05, 0) is 18.6 Å². The molecule has 0 unspecified atom stereocenters. The van der Waals surface area contributed by atoms with Crippen LogP contribution >= 0.6 is 0 Å². The summed E-state index contributed by atoms with van der Waals surface area (Å²) in [5.41, 5.74) is 3.62. The van der Waals surface area contributed by atoms with E-state index in [1.54, 1.807) is 0 Å². The Labute approximate surface area is 102 Å². The molecule has 0 radical (unpaired) electrons. The van der Waals surface area contributed by atoms with Crippen molar-refractivity contribution in [1.29, 1.82) is 5.26 Å². The summed E-state index contributed by atoms with van der Waals surface area (Å²) >= 11 is 0. The van der Waals surface area contributed by atoms with Crippen molar-refractivity contribution in [3.8, 4) is 17.3 Å². The minimum absolute atomic E-state index is 0.687. The number of nitrogens with zero attached hydrogens (tertiary/aromatic N) is 2. The zero-order valence-corrected chi connectivity index (χ0v) is 9.85. The smallest absolute Gasteiger partial charge is 0.101 e. The lowest BCUT2D eigenvalue weighted by Gasteiger charge is -2.05. The number of nitriles is 1. The third-order valence-electron chi connectivity index (χ3n) is 2.65. The highest BCUT2D eigenvalue weighted by molar-refractivity contribution is 5.60. The zero-order valence-electron chi connectivity index (χ0n) is 9.85. The molecular formula is C15H14N2. The van der Waals surface area contributed by atoms with Gasteiger partial charge < -0.3 is 0 Å². The quantitative estimate of drug-likeness (QED) is 0.796. The molecule has 84 valence electrons. The molecule has 2 rings (SSSR count). The van der Waals surface area contributed by atoms with Gasteiger partial charge in [-0.15, -0.1) is 0 Å². The summed E-state index contributed by atoms with van der Waals surface area (Å²) < 4.78 is 0. The average molecular weight is 222 g/mol. The number of rotatable bonds is 3. The number of hydrogen-bond donors (Lipinski definition) is 0. The average Bonchev–Trinajstić information content (AvgIpc) is 2.40. The van der Waals surface area contributed by atoms with Crippen LogP contribution in [0.5, 0.6) is 0 Å². The molecule has 0 aliphatic rings. The molecule has 1 aromatic heterocycles. The lowest BCUT2D eigenvalue weighted by molar-refractivity contribution is 0.880. The molecule has 0 saturated carbocycles. The largest absolute Gasteiger partial charge is 0.251 e.